The quantitative estimate of drug-likeness (QED) is 0.592. The minimum atomic E-state index is -0.540. The number of Topliss-reactive ketones (excluding diaryl/α,β-unsaturated/α-hetero) is 1. The molecule has 1 saturated heterocycles. The largest absolute Gasteiger partial charge is 0.493 e. The van der Waals surface area contributed by atoms with Crippen LogP contribution in [0.5, 0.6) is 11.5 Å². The first-order valence-corrected chi connectivity index (χ1v) is 12.1. The zero-order valence-corrected chi connectivity index (χ0v) is 20.8. The molecular weight excluding hydrogens is 434 g/mol. The van der Waals surface area contributed by atoms with Gasteiger partial charge in [-0.1, -0.05) is 19.9 Å². The summed E-state index contributed by atoms with van der Waals surface area (Å²) in [5.74, 6) is 0.266. The number of benzene rings is 1. The maximum Gasteiger partial charge on any atom is 0.336 e. The average molecular weight is 470 g/mol. The van der Waals surface area contributed by atoms with Crippen LogP contribution in [0.2, 0.25) is 0 Å². The van der Waals surface area contributed by atoms with Crippen LogP contribution in [0.4, 0.5) is 0 Å². The SMILES string of the molecule is CCOc1ccc([C@H]2C(C(=O)OC[C@@H]3CCCO3)=C(C)NC3=C2C(=O)CC(C)(C)C3)cc1OC. The van der Waals surface area contributed by atoms with Gasteiger partial charge in [-0.3, -0.25) is 4.79 Å². The number of hydrogen-bond acceptors (Lipinski definition) is 7. The molecule has 0 amide bonds. The fourth-order valence-corrected chi connectivity index (χ4v) is 5.20. The summed E-state index contributed by atoms with van der Waals surface area (Å²) in [6.45, 7) is 9.38. The number of hydrogen-bond donors (Lipinski definition) is 1. The van der Waals surface area contributed by atoms with Gasteiger partial charge in [0.2, 0.25) is 0 Å². The number of nitrogens with one attached hydrogen (secondary N) is 1. The first kappa shape index (κ1) is 24.3. The Morgan fingerprint density at radius 3 is 2.71 bits per heavy atom. The van der Waals surface area contributed by atoms with Gasteiger partial charge >= 0.3 is 5.97 Å². The van der Waals surface area contributed by atoms with Crippen molar-refractivity contribution in [3.8, 4) is 11.5 Å². The highest BCUT2D eigenvalue weighted by atomic mass is 16.6. The van der Waals surface area contributed by atoms with Crippen LogP contribution in [0.1, 0.15) is 64.9 Å². The lowest BCUT2D eigenvalue weighted by molar-refractivity contribution is -0.142. The predicted octanol–water partition coefficient (Wildman–Crippen LogP) is 4.42. The van der Waals surface area contributed by atoms with Crippen LogP contribution in [-0.2, 0) is 19.1 Å². The van der Waals surface area contributed by atoms with Crippen molar-refractivity contribution in [1.82, 2.24) is 5.32 Å². The molecule has 0 spiro atoms. The molecule has 0 aromatic heterocycles. The maximum absolute atomic E-state index is 13.4. The molecule has 0 unspecified atom stereocenters. The van der Waals surface area contributed by atoms with E-state index in [1.54, 1.807) is 7.11 Å². The molecule has 2 heterocycles. The van der Waals surface area contributed by atoms with Gasteiger partial charge in [0.1, 0.15) is 6.61 Å². The van der Waals surface area contributed by atoms with Gasteiger partial charge in [0.25, 0.3) is 0 Å². The highest BCUT2D eigenvalue weighted by Gasteiger charge is 2.43. The van der Waals surface area contributed by atoms with E-state index in [1.165, 1.54) is 0 Å². The summed E-state index contributed by atoms with van der Waals surface area (Å²) < 4.78 is 22.6. The fourth-order valence-electron chi connectivity index (χ4n) is 5.20. The Balaban J connectivity index is 1.75. The van der Waals surface area contributed by atoms with E-state index < -0.39 is 11.9 Å². The van der Waals surface area contributed by atoms with E-state index in [2.05, 4.69) is 19.2 Å². The molecule has 1 aromatic rings. The Kier molecular flexibility index (Phi) is 7.03. The summed E-state index contributed by atoms with van der Waals surface area (Å²) in [5.41, 5.74) is 3.33. The van der Waals surface area contributed by atoms with Gasteiger partial charge in [0, 0.05) is 35.9 Å². The molecular formula is C27H35NO6. The standard InChI is InChI=1S/C27H35NO6/c1-6-32-21-10-9-17(12-22(21)31-5)24-23(26(30)34-15-18-8-7-11-33-18)16(2)28-19-13-27(3,4)14-20(29)25(19)24/h9-10,12,18,24,28H,6-8,11,13-15H2,1-5H3/t18-,24-/m0/s1. The second-order valence-electron chi connectivity index (χ2n) is 10.0. The number of dihydropyridines is 1. The smallest absolute Gasteiger partial charge is 0.336 e. The van der Waals surface area contributed by atoms with Gasteiger partial charge < -0.3 is 24.3 Å². The molecule has 0 saturated carbocycles. The van der Waals surface area contributed by atoms with Crippen LogP contribution in [0, 0.1) is 5.41 Å². The van der Waals surface area contributed by atoms with Gasteiger partial charge in [0.05, 0.1) is 25.4 Å². The Bertz CT molecular complexity index is 1030. The van der Waals surface area contributed by atoms with Crippen LogP contribution in [0.3, 0.4) is 0 Å². The van der Waals surface area contributed by atoms with Gasteiger partial charge in [0.15, 0.2) is 17.3 Å². The monoisotopic (exact) mass is 469 g/mol. The van der Waals surface area contributed by atoms with E-state index in [0.29, 0.717) is 48.0 Å². The lowest BCUT2D eigenvalue weighted by Crippen LogP contribution is -2.39. The number of esters is 1. The molecule has 2 aliphatic heterocycles. The maximum atomic E-state index is 13.4. The molecule has 184 valence electrons. The minimum absolute atomic E-state index is 0.0496. The summed E-state index contributed by atoms with van der Waals surface area (Å²) in [7, 11) is 1.58. The molecule has 0 bridgehead atoms. The van der Waals surface area contributed by atoms with E-state index in [0.717, 1.165) is 30.5 Å². The van der Waals surface area contributed by atoms with Crippen molar-refractivity contribution in [2.75, 3.05) is 26.9 Å². The van der Waals surface area contributed by atoms with Crippen molar-refractivity contribution in [1.29, 1.82) is 0 Å². The summed E-state index contributed by atoms with van der Waals surface area (Å²) in [5, 5.41) is 3.37. The molecule has 2 atom stereocenters. The van der Waals surface area contributed by atoms with Gasteiger partial charge in [-0.05, 0) is 56.2 Å². The Morgan fingerprint density at radius 1 is 1.24 bits per heavy atom. The number of methoxy groups -OCH3 is 1. The van der Waals surface area contributed by atoms with Gasteiger partial charge in [-0.15, -0.1) is 0 Å². The highest BCUT2D eigenvalue weighted by molar-refractivity contribution is 6.04. The van der Waals surface area contributed by atoms with Crippen LogP contribution in [-0.4, -0.2) is 44.8 Å². The number of allylic oxidation sites excluding steroid dienone is 3. The van der Waals surface area contributed by atoms with Gasteiger partial charge in [-0.2, -0.15) is 0 Å². The first-order chi connectivity index (χ1) is 16.2. The number of rotatable bonds is 7. The van der Waals surface area contributed by atoms with Crippen molar-refractivity contribution in [2.24, 2.45) is 5.41 Å². The lowest BCUT2D eigenvalue weighted by Gasteiger charge is -2.39. The topological polar surface area (TPSA) is 83.1 Å². The van der Waals surface area contributed by atoms with Crippen molar-refractivity contribution >= 4 is 11.8 Å². The fraction of sp³-hybridized carbons (Fsp3) is 0.556. The summed E-state index contributed by atoms with van der Waals surface area (Å²) in [4.78, 5) is 26.9. The van der Waals surface area contributed by atoms with Crippen molar-refractivity contribution < 1.29 is 28.5 Å². The molecule has 34 heavy (non-hydrogen) atoms. The highest BCUT2D eigenvalue weighted by Crippen LogP contribution is 2.48. The molecule has 7 nitrogen and oxygen atoms in total. The molecule has 3 aliphatic rings. The van der Waals surface area contributed by atoms with E-state index >= 15 is 0 Å². The Hall–Kier alpha value is -2.80. The van der Waals surface area contributed by atoms with Crippen LogP contribution < -0.4 is 14.8 Å². The third kappa shape index (κ3) is 4.85. The molecule has 0 radical (unpaired) electrons. The third-order valence-electron chi connectivity index (χ3n) is 6.70. The van der Waals surface area contributed by atoms with Crippen molar-refractivity contribution in [3.05, 3.63) is 46.3 Å². The zero-order chi connectivity index (χ0) is 24.5. The summed E-state index contributed by atoms with van der Waals surface area (Å²) >= 11 is 0. The zero-order valence-electron chi connectivity index (χ0n) is 20.8. The average Bonchev–Trinajstić information content (AvgIpc) is 3.30. The van der Waals surface area contributed by atoms with Gasteiger partial charge in [-0.25, -0.2) is 4.79 Å². The molecule has 1 aliphatic carbocycles. The Labute approximate surface area is 201 Å². The van der Waals surface area contributed by atoms with Crippen LogP contribution in [0.25, 0.3) is 0 Å². The third-order valence-corrected chi connectivity index (χ3v) is 6.70. The minimum Gasteiger partial charge on any atom is -0.493 e. The second-order valence-corrected chi connectivity index (χ2v) is 10.0. The number of carbonyl (C=O) groups is 2. The Morgan fingerprint density at radius 2 is 2.03 bits per heavy atom. The lowest BCUT2D eigenvalue weighted by atomic mass is 9.68. The number of carbonyl (C=O) groups excluding carboxylic acids is 2. The van der Waals surface area contributed by atoms with Crippen molar-refractivity contribution in [2.45, 2.75) is 65.4 Å². The number of ether oxygens (including phenoxy) is 4. The van der Waals surface area contributed by atoms with E-state index in [-0.39, 0.29) is 23.9 Å². The second kappa shape index (κ2) is 9.82. The van der Waals surface area contributed by atoms with E-state index in [9.17, 15) is 9.59 Å². The van der Waals surface area contributed by atoms with E-state index in [1.807, 2.05) is 32.0 Å². The molecule has 1 N–H and O–H groups in total. The predicted molar refractivity (Wildman–Crippen MR) is 128 cm³/mol. The number of ketones is 1. The molecule has 7 heteroatoms. The van der Waals surface area contributed by atoms with Crippen molar-refractivity contribution in [3.63, 3.8) is 0 Å². The summed E-state index contributed by atoms with van der Waals surface area (Å²) in [6.07, 6.45) is 2.94. The normalized spacial score (nSPS) is 24.0. The van der Waals surface area contributed by atoms with Crippen LogP contribution in [0.15, 0.2) is 40.7 Å². The first-order valence-electron chi connectivity index (χ1n) is 12.1. The molecule has 4 rings (SSSR count). The molecule has 1 fully saturated rings. The summed E-state index contributed by atoms with van der Waals surface area (Å²) in [6, 6.07) is 5.60. The van der Waals surface area contributed by atoms with Crippen LogP contribution >= 0.6 is 0 Å². The molecule has 1 aromatic carbocycles. The van der Waals surface area contributed by atoms with E-state index in [4.69, 9.17) is 18.9 Å².